The smallest absolute Gasteiger partial charge is 0.306 e. The Morgan fingerprint density at radius 2 is 0.923 bits per heavy atom. The van der Waals surface area contributed by atoms with E-state index in [0.29, 0.717) is 12.8 Å². The normalized spacial score (nSPS) is 13.6. The monoisotopic (exact) mass is 908 g/mol. The molecule has 372 valence electrons. The maximum absolute atomic E-state index is 12.8. The molecule has 0 aromatic carbocycles. The second-order valence-electron chi connectivity index (χ2n) is 18.5. The van der Waals surface area contributed by atoms with Gasteiger partial charge in [-0.05, 0) is 70.6 Å². The topological polar surface area (TPSA) is 102 Å². The second-order valence-corrected chi connectivity index (χ2v) is 18.5. The van der Waals surface area contributed by atoms with E-state index in [4.69, 9.17) is 14.2 Å². The number of allylic oxidation sites excluding steroid dienone is 14. The highest BCUT2D eigenvalue weighted by Gasteiger charge is 2.25. The quantitative estimate of drug-likeness (QED) is 0.0197. The first-order chi connectivity index (χ1) is 31.6. The van der Waals surface area contributed by atoms with Crippen molar-refractivity contribution in [1.29, 1.82) is 0 Å². The molecule has 0 saturated carbocycles. The lowest BCUT2D eigenvalue weighted by atomic mass is 10.0. The number of aliphatic carboxylic acids is 1. The van der Waals surface area contributed by atoms with E-state index < -0.39 is 18.1 Å². The molecule has 0 aliphatic carbocycles. The van der Waals surface area contributed by atoms with Crippen molar-refractivity contribution in [3.63, 3.8) is 0 Å². The van der Waals surface area contributed by atoms with Gasteiger partial charge < -0.3 is 28.6 Å². The molecule has 8 nitrogen and oxygen atoms in total. The molecule has 0 saturated heterocycles. The summed E-state index contributed by atoms with van der Waals surface area (Å²) in [4.78, 5) is 37.1. The molecular weight excluding hydrogens is 811 g/mol. The van der Waals surface area contributed by atoms with Crippen molar-refractivity contribution < 1.29 is 38.2 Å². The van der Waals surface area contributed by atoms with Crippen LogP contribution < -0.4 is 5.11 Å². The van der Waals surface area contributed by atoms with Gasteiger partial charge in [-0.1, -0.05) is 202 Å². The molecule has 2 unspecified atom stereocenters. The van der Waals surface area contributed by atoms with E-state index in [-0.39, 0.29) is 42.7 Å². The van der Waals surface area contributed by atoms with Crippen LogP contribution in [-0.4, -0.2) is 75.5 Å². The largest absolute Gasteiger partial charge is 0.544 e. The minimum Gasteiger partial charge on any atom is -0.544 e. The summed E-state index contributed by atoms with van der Waals surface area (Å²) in [5.41, 5.74) is 0. The first-order valence-electron chi connectivity index (χ1n) is 26.2. The number of nitrogens with zero attached hydrogens (tertiary/aromatic N) is 1. The summed E-state index contributed by atoms with van der Waals surface area (Å²) in [6, 6.07) is -0.735. The molecule has 0 aliphatic rings. The first-order valence-corrected chi connectivity index (χ1v) is 26.2. The molecule has 65 heavy (non-hydrogen) atoms. The van der Waals surface area contributed by atoms with E-state index in [2.05, 4.69) is 92.8 Å². The average molecular weight is 908 g/mol. The van der Waals surface area contributed by atoms with Crippen LogP contribution in [0, 0.1) is 0 Å². The van der Waals surface area contributed by atoms with Crippen molar-refractivity contribution >= 4 is 17.9 Å². The summed E-state index contributed by atoms with van der Waals surface area (Å²) in [6.07, 6.45) is 61.8. The van der Waals surface area contributed by atoms with Crippen molar-refractivity contribution in [2.24, 2.45) is 0 Å². The molecule has 0 amide bonds. The zero-order chi connectivity index (χ0) is 47.7. The number of carboxylic acid groups (broad SMARTS) is 1. The highest BCUT2D eigenvalue weighted by atomic mass is 16.6. The van der Waals surface area contributed by atoms with Crippen LogP contribution in [0.5, 0.6) is 0 Å². The number of hydrogen-bond acceptors (Lipinski definition) is 7. The third kappa shape index (κ3) is 45.5. The van der Waals surface area contributed by atoms with Crippen LogP contribution in [-0.2, 0) is 28.6 Å². The van der Waals surface area contributed by atoms with Crippen LogP contribution >= 0.6 is 0 Å². The number of unbranched alkanes of at least 4 members (excludes halogenated alkanes) is 21. The van der Waals surface area contributed by atoms with E-state index in [1.54, 1.807) is 21.1 Å². The summed E-state index contributed by atoms with van der Waals surface area (Å²) >= 11 is 0. The lowest BCUT2D eigenvalue weighted by Gasteiger charge is -2.34. The Balaban J connectivity index is 4.26. The molecule has 0 rings (SSSR count). The van der Waals surface area contributed by atoms with Crippen molar-refractivity contribution in [3.05, 3.63) is 85.1 Å². The SMILES string of the molecule is CC/C=C/C/C=C/C/C=C/CCCCCCCCCCCCCCCC(=O)OCC(COCCC(C(=O)[O-])[N+](C)(C)C)OC(=O)CCCCCCC/C=C/C=C/C=C/C=C/CCCCC. The first kappa shape index (κ1) is 61.5. The minimum atomic E-state index is -1.13. The van der Waals surface area contributed by atoms with Gasteiger partial charge in [-0.2, -0.15) is 0 Å². The maximum atomic E-state index is 12.8. The molecule has 0 radical (unpaired) electrons. The van der Waals surface area contributed by atoms with Gasteiger partial charge in [-0.25, -0.2) is 0 Å². The van der Waals surface area contributed by atoms with Crippen LogP contribution in [0.15, 0.2) is 85.1 Å². The van der Waals surface area contributed by atoms with Gasteiger partial charge in [-0.3, -0.25) is 9.59 Å². The van der Waals surface area contributed by atoms with Gasteiger partial charge in [0.15, 0.2) is 6.10 Å². The third-order valence-corrected chi connectivity index (χ3v) is 11.4. The molecule has 0 fully saturated rings. The molecule has 0 N–H and O–H groups in total. The summed E-state index contributed by atoms with van der Waals surface area (Å²) in [5, 5.41) is 11.7. The summed E-state index contributed by atoms with van der Waals surface area (Å²) < 4.78 is 17.2. The van der Waals surface area contributed by atoms with E-state index in [1.165, 1.54) is 89.9 Å². The molecule has 0 aromatic rings. The Kier molecular flexibility index (Phi) is 44.5. The predicted octanol–water partition coefficient (Wildman–Crippen LogP) is 13.9. The molecule has 8 heteroatoms. The zero-order valence-corrected chi connectivity index (χ0v) is 42.4. The Hall–Kier alpha value is -3.49. The van der Waals surface area contributed by atoms with Crippen LogP contribution in [0.25, 0.3) is 0 Å². The molecule has 0 bridgehead atoms. The van der Waals surface area contributed by atoms with Crippen molar-refractivity contribution in [3.8, 4) is 0 Å². The van der Waals surface area contributed by atoms with E-state index in [1.807, 2.05) is 6.08 Å². The number of hydrogen-bond donors (Lipinski definition) is 0. The van der Waals surface area contributed by atoms with Gasteiger partial charge in [0.2, 0.25) is 0 Å². The Bertz CT molecular complexity index is 1330. The molecule has 2 atom stereocenters. The number of rotatable bonds is 46. The van der Waals surface area contributed by atoms with Crippen molar-refractivity contribution in [1.82, 2.24) is 0 Å². The van der Waals surface area contributed by atoms with Crippen LogP contribution in [0.3, 0.4) is 0 Å². The second kappa shape index (κ2) is 47.0. The van der Waals surface area contributed by atoms with Gasteiger partial charge in [0, 0.05) is 19.3 Å². The highest BCUT2D eigenvalue weighted by molar-refractivity contribution is 5.70. The standard InChI is InChI=1S/C57H97NO7/c1-6-8-10-12-14-16-18-20-22-24-26-27-28-29-30-32-33-35-37-39-41-43-45-47-55(59)64-52-53(51-63-50-49-54(57(61)62)58(3,4)5)65-56(60)48-46-44-42-40-38-36-34-31-25-23-21-19-17-15-13-11-9-7-2/h8,10,14-17,19-23,25,31,34,53-54H,6-7,9,11-13,18,24,26-30,32-33,35-52H2,1-5H3/b10-8+,16-14+,17-15+,21-19+,22-20+,25-23+,34-31+. The van der Waals surface area contributed by atoms with Gasteiger partial charge >= 0.3 is 11.9 Å². The lowest BCUT2D eigenvalue weighted by Crippen LogP contribution is -2.55. The molecule has 0 heterocycles. The van der Waals surface area contributed by atoms with E-state index in [9.17, 15) is 19.5 Å². The number of esters is 2. The van der Waals surface area contributed by atoms with Gasteiger partial charge in [0.1, 0.15) is 12.6 Å². The molecular formula is C57H97NO7. The Labute approximate surface area is 399 Å². The maximum Gasteiger partial charge on any atom is 0.306 e. The average Bonchev–Trinajstić information content (AvgIpc) is 3.27. The van der Waals surface area contributed by atoms with Gasteiger partial charge in [0.25, 0.3) is 0 Å². The molecule has 0 aliphatic heterocycles. The molecule has 0 aromatic heterocycles. The zero-order valence-electron chi connectivity index (χ0n) is 42.4. The number of likely N-dealkylation sites (N-methyl/N-ethyl adjacent to an activating group) is 1. The number of carbonyl (C=O) groups is 3. The molecule has 0 spiro atoms. The lowest BCUT2D eigenvalue weighted by molar-refractivity contribution is -0.889. The van der Waals surface area contributed by atoms with Gasteiger partial charge in [0.05, 0.1) is 40.3 Å². The Morgan fingerprint density at radius 1 is 0.492 bits per heavy atom. The van der Waals surface area contributed by atoms with E-state index in [0.717, 1.165) is 83.5 Å². The van der Waals surface area contributed by atoms with Crippen LogP contribution in [0.4, 0.5) is 0 Å². The van der Waals surface area contributed by atoms with Crippen molar-refractivity contribution in [2.45, 2.75) is 219 Å². The van der Waals surface area contributed by atoms with Gasteiger partial charge in [-0.15, -0.1) is 0 Å². The van der Waals surface area contributed by atoms with Crippen molar-refractivity contribution in [2.75, 3.05) is 41.0 Å². The van der Waals surface area contributed by atoms with Crippen LogP contribution in [0.1, 0.15) is 206 Å². The van der Waals surface area contributed by atoms with E-state index >= 15 is 0 Å². The number of carboxylic acids is 1. The highest BCUT2D eigenvalue weighted by Crippen LogP contribution is 2.15. The fraction of sp³-hybridized carbons (Fsp3) is 0.702. The number of quaternary nitrogens is 1. The minimum absolute atomic E-state index is 0.0271. The Morgan fingerprint density at radius 3 is 1.42 bits per heavy atom. The summed E-state index contributed by atoms with van der Waals surface area (Å²) in [5.74, 6) is -1.77. The van der Waals surface area contributed by atoms with Crippen LogP contribution in [0.2, 0.25) is 0 Å². The number of ether oxygens (including phenoxy) is 3. The third-order valence-electron chi connectivity index (χ3n) is 11.4. The fourth-order valence-electron chi connectivity index (χ4n) is 7.33. The predicted molar refractivity (Wildman–Crippen MR) is 272 cm³/mol. The fourth-order valence-corrected chi connectivity index (χ4v) is 7.33. The summed E-state index contributed by atoms with van der Waals surface area (Å²) in [6.45, 7) is 4.50. The summed E-state index contributed by atoms with van der Waals surface area (Å²) in [7, 11) is 5.40. The number of carbonyl (C=O) groups excluding carboxylic acids is 3.